The van der Waals surface area contributed by atoms with Crippen molar-refractivity contribution in [3.05, 3.63) is 101 Å². The summed E-state index contributed by atoms with van der Waals surface area (Å²) in [7, 11) is 0. The van der Waals surface area contributed by atoms with E-state index in [4.69, 9.17) is 9.47 Å². The second kappa shape index (κ2) is 15.2. The van der Waals surface area contributed by atoms with Crippen LogP contribution in [0.3, 0.4) is 0 Å². The van der Waals surface area contributed by atoms with E-state index >= 15 is 0 Å². The van der Waals surface area contributed by atoms with Crippen LogP contribution in [0.25, 0.3) is 11.0 Å². The molecule has 10 nitrogen and oxygen atoms in total. The normalized spacial score (nSPS) is 25.6. The molecule has 51 heavy (non-hydrogen) atoms. The summed E-state index contributed by atoms with van der Waals surface area (Å²) in [4.78, 5) is 38.1. The average molecular weight is 692 g/mol. The van der Waals surface area contributed by atoms with Crippen LogP contribution in [0.2, 0.25) is 0 Å². The van der Waals surface area contributed by atoms with E-state index in [1.807, 2.05) is 93.6 Å². The van der Waals surface area contributed by atoms with Crippen molar-refractivity contribution in [2.24, 2.45) is 5.92 Å². The van der Waals surface area contributed by atoms with Crippen molar-refractivity contribution in [3.8, 4) is 0 Å². The lowest BCUT2D eigenvalue weighted by Crippen LogP contribution is -2.61. The SMILES string of the molecule is CC(C)(C)NC(=O)[C@H]1CC[C@H]2CCCC[C@H]2N1C[C@@H]1C[C@H](c2ccc(CO)cc2)O[C@H](c2ccc(NC(=O)c3cnc4ccccc4n3)cc2)O1. The first-order valence-corrected chi connectivity index (χ1v) is 18.3. The Balaban J connectivity index is 1.12. The van der Waals surface area contributed by atoms with Gasteiger partial charge in [0.1, 0.15) is 5.69 Å². The number of aliphatic hydroxyl groups excluding tert-OH is 1. The number of ether oxygens (including phenoxy) is 2. The van der Waals surface area contributed by atoms with Crippen molar-refractivity contribution < 1.29 is 24.2 Å². The molecule has 7 rings (SSSR count). The van der Waals surface area contributed by atoms with Gasteiger partial charge in [-0.15, -0.1) is 0 Å². The van der Waals surface area contributed by atoms with Crippen LogP contribution in [0.1, 0.15) is 105 Å². The van der Waals surface area contributed by atoms with E-state index < -0.39 is 6.29 Å². The Hall–Kier alpha value is -4.22. The van der Waals surface area contributed by atoms with Gasteiger partial charge in [-0.25, -0.2) is 4.98 Å². The number of nitrogens with one attached hydrogen (secondary N) is 2. The van der Waals surface area contributed by atoms with Gasteiger partial charge >= 0.3 is 0 Å². The van der Waals surface area contributed by atoms with Gasteiger partial charge in [-0.3, -0.25) is 19.5 Å². The number of amides is 2. The van der Waals surface area contributed by atoms with Gasteiger partial charge in [-0.05, 0) is 87.8 Å². The molecule has 3 N–H and O–H groups in total. The van der Waals surface area contributed by atoms with Gasteiger partial charge in [-0.1, -0.05) is 61.4 Å². The number of carbonyl (C=O) groups excluding carboxylic acids is 2. The maximum atomic E-state index is 13.8. The molecule has 10 heteroatoms. The zero-order chi connectivity index (χ0) is 35.5. The molecular weight excluding hydrogens is 642 g/mol. The van der Waals surface area contributed by atoms with Gasteiger partial charge < -0.3 is 25.2 Å². The summed E-state index contributed by atoms with van der Waals surface area (Å²) >= 11 is 0. The molecule has 3 heterocycles. The highest BCUT2D eigenvalue weighted by Gasteiger charge is 2.44. The molecule has 2 aliphatic heterocycles. The zero-order valence-electron chi connectivity index (χ0n) is 29.8. The first-order valence-electron chi connectivity index (χ1n) is 18.3. The van der Waals surface area contributed by atoms with E-state index in [9.17, 15) is 14.7 Å². The van der Waals surface area contributed by atoms with E-state index in [1.165, 1.54) is 25.5 Å². The molecule has 1 saturated carbocycles. The summed E-state index contributed by atoms with van der Waals surface area (Å²) in [5, 5.41) is 15.8. The van der Waals surface area contributed by atoms with Gasteiger partial charge in [0.25, 0.3) is 5.91 Å². The number of fused-ring (bicyclic) bond motifs is 2. The number of para-hydroxylation sites is 2. The number of rotatable bonds is 8. The third-order valence-corrected chi connectivity index (χ3v) is 10.5. The molecule has 0 unspecified atom stereocenters. The average Bonchev–Trinajstić information content (AvgIpc) is 3.14. The zero-order valence-corrected chi connectivity index (χ0v) is 29.8. The van der Waals surface area contributed by atoms with Crippen molar-refractivity contribution in [1.82, 2.24) is 20.2 Å². The Bertz CT molecular complexity index is 1830. The predicted octanol–water partition coefficient (Wildman–Crippen LogP) is 6.86. The maximum absolute atomic E-state index is 13.8. The number of aromatic nitrogens is 2. The first-order chi connectivity index (χ1) is 24.6. The fraction of sp³-hybridized carbons (Fsp3) is 0.463. The van der Waals surface area contributed by atoms with E-state index in [0.717, 1.165) is 41.5 Å². The standard InChI is InChI=1S/C41H49N5O5/c1-41(2,3)45-39(49)36-21-18-27-8-4-7-11-35(27)46(36)24-31-22-37(28-14-12-26(25-47)13-15-28)51-40(50-31)29-16-19-30(20-17-29)43-38(48)34-23-42-32-9-5-6-10-33(32)44-34/h5-6,9-10,12-17,19-20,23,27,31,35-37,40,47H,4,7-8,11,18,21-22,24-25H2,1-3H3,(H,43,48)(H,45,49)/t27-,31+,35-,36-,37-,40-/m1/s1. The molecule has 6 atom stereocenters. The van der Waals surface area contributed by atoms with Gasteiger partial charge in [-0.2, -0.15) is 0 Å². The Kier molecular flexibility index (Phi) is 10.5. The van der Waals surface area contributed by atoms with E-state index in [-0.39, 0.29) is 47.9 Å². The molecule has 3 fully saturated rings. The second-order valence-corrected chi connectivity index (χ2v) is 15.3. The van der Waals surface area contributed by atoms with E-state index in [0.29, 0.717) is 36.1 Å². The van der Waals surface area contributed by atoms with Crippen molar-refractivity contribution in [2.45, 2.75) is 108 Å². The highest BCUT2D eigenvalue weighted by molar-refractivity contribution is 6.03. The van der Waals surface area contributed by atoms with Crippen LogP contribution in [0.4, 0.5) is 5.69 Å². The topological polar surface area (TPSA) is 126 Å². The molecule has 0 radical (unpaired) electrons. The van der Waals surface area contributed by atoms with Crippen LogP contribution in [-0.2, 0) is 20.9 Å². The molecular formula is C41H49N5O5. The van der Waals surface area contributed by atoms with Crippen LogP contribution in [0, 0.1) is 5.92 Å². The summed E-state index contributed by atoms with van der Waals surface area (Å²) < 4.78 is 13.4. The number of anilines is 1. The molecule has 3 aliphatic rings. The first kappa shape index (κ1) is 35.2. The lowest BCUT2D eigenvalue weighted by molar-refractivity contribution is -0.255. The Labute approximate surface area is 300 Å². The fourth-order valence-corrected chi connectivity index (χ4v) is 7.98. The summed E-state index contributed by atoms with van der Waals surface area (Å²) in [6.45, 7) is 6.72. The molecule has 268 valence electrons. The van der Waals surface area contributed by atoms with Gasteiger partial charge in [0.15, 0.2) is 6.29 Å². The quantitative estimate of drug-likeness (QED) is 0.183. The molecule has 1 aromatic heterocycles. The van der Waals surface area contributed by atoms with E-state index in [1.54, 1.807) is 0 Å². The largest absolute Gasteiger partial charge is 0.392 e. The molecule has 0 spiro atoms. The number of hydrogen-bond donors (Lipinski definition) is 3. The highest BCUT2D eigenvalue weighted by atomic mass is 16.7. The minimum atomic E-state index is -0.656. The number of benzene rings is 3. The van der Waals surface area contributed by atoms with Crippen LogP contribution in [-0.4, -0.2) is 62.1 Å². The summed E-state index contributed by atoms with van der Waals surface area (Å²) in [5.41, 5.74) is 4.62. The smallest absolute Gasteiger partial charge is 0.275 e. The summed E-state index contributed by atoms with van der Waals surface area (Å²) in [6, 6.07) is 23.0. The molecule has 1 aliphatic carbocycles. The summed E-state index contributed by atoms with van der Waals surface area (Å²) in [5.74, 6) is 0.349. The lowest BCUT2D eigenvalue weighted by atomic mass is 9.75. The molecule has 2 amide bonds. The lowest BCUT2D eigenvalue weighted by Gasteiger charge is -2.50. The van der Waals surface area contributed by atoms with Crippen molar-refractivity contribution in [3.63, 3.8) is 0 Å². The number of hydrogen-bond acceptors (Lipinski definition) is 8. The Morgan fingerprint density at radius 1 is 0.882 bits per heavy atom. The van der Waals surface area contributed by atoms with Gasteiger partial charge in [0.2, 0.25) is 5.91 Å². The predicted molar refractivity (Wildman–Crippen MR) is 196 cm³/mol. The number of aliphatic hydroxyl groups is 1. The van der Waals surface area contributed by atoms with E-state index in [2.05, 4.69) is 25.5 Å². The fourth-order valence-electron chi connectivity index (χ4n) is 7.98. The third-order valence-electron chi connectivity index (χ3n) is 10.5. The minimum Gasteiger partial charge on any atom is -0.392 e. The van der Waals surface area contributed by atoms with Crippen LogP contribution in [0.5, 0.6) is 0 Å². The van der Waals surface area contributed by atoms with Gasteiger partial charge in [0, 0.05) is 35.8 Å². The van der Waals surface area contributed by atoms with Crippen molar-refractivity contribution in [2.75, 3.05) is 11.9 Å². The van der Waals surface area contributed by atoms with Crippen molar-refractivity contribution >= 4 is 28.5 Å². The molecule has 4 aromatic rings. The number of carbonyl (C=O) groups is 2. The monoisotopic (exact) mass is 691 g/mol. The molecule has 2 saturated heterocycles. The number of piperidine rings is 1. The maximum Gasteiger partial charge on any atom is 0.275 e. The Morgan fingerprint density at radius 3 is 2.35 bits per heavy atom. The highest BCUT2D eigenvalue weighted by Crippen LogP contribution is 2.42. The van der Waals surface area contributed by atoms with Gasteiger partial charge in [0.05, 0.1) is 42.1 Å². The third kappa shape index (κ3) is 8.31. The molecule has 3 aromatic carbocycles. The molecule has 0 bridgehead atoms. The van der Waals surface area contributed by atoms with Crippen LogP contribution in [0.15, 0.2) is 79.0 Å². The number of likely N-dealkylation sites (tertiary alicyclic amines) is 1. The van der Waals surface area contributed by atoms with Crippen molar-refractivity contribution in [1.29, 1.82) is 0 Å². The van der Waals surface area contributed by atoms with Crippen LogP contribution < -0.4 is 10.6 Å². The Morgan fingerprint density at radius 2 is 1.61 bits per heavy atom. The summed E-state index contributed by atoms with van der Waals surface area (Å²) in [6.07, 6.45) is 7.69. The second-order valence-electron chi connectivity index (χ2n) is 15.3. The number of nitrogens with zero attached hydrogens (tertiary/aromatic N) is 3. The van der Waals surface area contributed by atoms with Crippen LogP contribution >= 0.6 is 0 Å². The minimum absolute atomic E-state index is 0.0218.